The summed E-state index contributed by atoms with van der Waals surface area (Å²) >= 11 is 0. The zero-order valence-electron chi connectivity index (χ0n) is 18.2. The molecule has 8 heteroatoms. The molecule has 1 fully saturated rings. The van der Waals surface area contributed by atoms with Gasteiger partial charge in [-0.05, 0) is 79.6 Å². The SMILES string of the molecule is O=C(Cc1coc2cc3c(cc12)CCC3)OCC(=O)c1ccc(S(=O)(=O)N2CCCC2)cc1. The van der Waals surface area contributed by atoms with Gasteiger partial charge in [0.1, 0.15) is 5.58 Å². The molecule has 1 aliphatic heterocycles. The van der Waals surface area contributed by atoms with E-state index in [9.17, 15) is 18.0 Å². The molecular weight excluding hydrogens is 442 g/mol. The van der Waals surface area contributed by atoms with Crippen LogP contribution in [0.25, 0.3) is 11.0 Å². The zero-order valence-corrected chi connectivity index (χ0v) is 19.0. The Kier molecular flexibility index (Phi) is 5.80. The predicted octanol–water partition coefficient (Wildman–Crippen LogP) is 3.67. The van der Waals surface area contributed by atoms with Gasteiger partial charge in [0.05, 0.1) is 17.6 Å². The molecule has 7 nitrogen and oxygen atoms in total. The van der Waals surface area contributed by atoms with Crippen LogP contribution in [0.1, 0.15) is 46.3 Å². The molecule has 0 unspecified atom stereocenters. The molecule has 0 saturated carbocycles. The third-order valence-corrected chi connectivity index (χ3v) is 8.36. The number of furan rings is 1. The number of sulfonamides is 1. The van der Waals surface area contributed by atoms with Gasteiger partial charge in [0.2, 0.25) is 10.0 Å². The van der Waals surface area contributed by atoms with Gasteiger partial charge in [0.15, 0.2) is 12.4 Å². The minimum atomic E-state index is -3.53. The van der Waals surface area contributed by atoms with Crippen molar-refractivity contribution in [2.24, 2.45) is 0 Å². The first-order valence-corrected chi connectivity index (χ1v) is 12.7. The second-order valence-electron chi connectivity index (χ2n) is 8.63. The minimum Gasteiger partial charge on any atom is -0.464 e. The number of aryl methyl sites for hydroxylation is 2. The van der Waals surface area contributed by atoms with E-state index in [4.69, 9.17) is 9.15 Å². The fraction of sp³-hybridized carbons (Fsp3) is 0.360. The molecule has 33 heavy (non-hydrogen) atoms. The Bertz CT molecular complexity index is 1320. The molecule has 2 aromatic carbocycles. The van der Waals surface area contributed by atoms with E-state index in [0.29, 0.717) is 18.7 Å². The van der Waals surface area contributed by atoms with E-state index in [1.54, 1.807) is 6.26 Å². The molecule has 1 aliphatic carbocycles. The van der Waals surface area contributed by atoms with Gasteiger partial charge in [-0.25, -0.2) is 8.42 Å². The maximum atomic E-state index is 12.6. The molecule has 0 spiro atoms. The number of ether oxygens (including phenoxy) is 1. The smallest absolute Gasteiger partial charge is 0.310 e. The minimum absolute atomic E-state index is 0.0199. The lowest BCUT2D eigenvalue weighted by molar-refractivity contribution is -0.141. The highest BCUT2D eigenvalue weighted by molar-refractivity contribution is 7.89. The number of benzene rings is 2. The third-order valence-electron chi connectivity index (χ3n) is 6.45. The summed E-state index contributed by atoms with van der Waals surface area (Å²) in [5.74, 6) is -0.900. The van der Waals surface area contributed by atoms with Gasteiger partial charge in [0, 0.05) is 29.6 Å². The topological polar surface area (TPSA) is 93.9 Å². The van der Waals surface area contributed by atoms with Gasteiger partial charge in [0.25, 0.3) is 0 Å². The Hall–Kier alpha value is -2.97. The van der Waals surface area contributed by atoms with Gasteiger partial charge >= 0.3 is 5.97 Å². The number of ketones is 1. The fourth-order valence-electron chi connectivity index (χ4n) is 4.61. The van der Waals surface area contributed by atoms with E-state index in [2.05, 4.69) is 6.07 Å². The second-order valence-corrected chi connectivity index (χ2v) is 10.6. The molecule has 0 radical (unpaired) electrons. The highest BCUT2D eigenvalue weighted by Crippen LogP contribution is 2.30. The van der Waals surface area contributed by atoms with Crippen molar-refractivity contribution in [2.75, 3.05) is 19.7 Å². The van der Waals surface area contributed by atoms with Gasteiger partial charge in [-0.2, -0.15) is 4.31 Å². The van der Waals surface area contributed by atoms with Crippen molar-refractivity contribution < 1.29 is 27.2 Å². The molecule has 0 amide bonds. The van der Waals surface area contributed by atoms with Gasteiger partial charge < -0.3 is 9.15 Å². The van der Waals surface area contributed by atoms with Crippen LogP contribution in [0.4, 0.5) is 0 Å². The van der Waals surface area contributed by atoms with Crippen LogP contribution in [-0.4, -0.2) is 44.2 Å². The summed E-state index contributed by atoms with van der Waals surface area (Å²) < 4.78 is 37.5. The van der Waals surface area contributed by atoms with Crippen LogP contribution < -0.4 is 0 Å². The molecule has 0 bridgehead atoms. The molecule has 0 atom stereocenters. The summed E-state index contributed by atoms with van der Waals surface area (Å²) in [5, 5.41) is 0.911. The number of hydrogen-bond acceptors (Lipinski definition) is 6. The lowest BCUT2D eigenvalue weighted by atomic mass is 10.0. The Labute approximate surface area is 192 Å². The predicted molar refractivity (Wildman–Crippen MR) is 122 cm³/mol. The number of esters is 1. The Morgan fingerprint density at radius 1 is 0.970 bits per heavy atom. The molecule has 5 rings (SSSR count). The molecule has 172 valence electrons. The van der Waals surface area contributed by atoms with Crippen LogP contribution in [-0.2, 0) is 38.8 Å². The Morgan fingerprint density at radius 3 is 2.39 bits per heavy atom. The van der Waals surface area contributed by atoms with Crippen LogP contribution in [0.15, 0.2) is 52.0 Å². The first-order valence-electron chi connectivity index (χ1n) is 11.2. The van der Waals surface area contributed by atoms with E-state index in [0.717, 1.165) is 48.6 Å². The normalized spacial score (nSPS) is 16.2. The Balaban J connectivity index is 1.20. The molecule has 2 heterocycles. The van der Waals surface area contributed by atoms with Gasteiger partial charge in [-0.15, -0.1) is 0 Å². The van der Waals surface area contributed by atoms with Crippen molar-refractivity contribution in [2.45, 2.75) is 43.4 Å². The monoisotopic (exact) mass is 467 g/mol. The summed E-state index contributed by atoms with van der Waals surface area (Å²) in [5.41, 5.74) is 4.40. The number of Topliss-reactive ketones (excluding diaryl/α,β-unsaturated/α-hetero) is 1. The first-order chi connectivity index (χ1) is 15.9. The molecular formula is C25H25NO6S. The highest BCUT2D eigenvalue weighted by atomic mass is 32.2. The van der Waals surface area contributed by atoms with Crippen LogP contribution in [0.2, 0.25) is 0 Å². The van der Waals surface area contributed by atoms with Crippen molar-refractivity contribution in [3.63, 3.8) is 0 Å². The van der Waals surface area contributed by atoms with E-state index in [1.807, 2.05) is 6.07 Å². The second kappa shape index (κ2) is 8.76. The molecule has 1 saturated heterocycles. The van der Waals surface area contributed by atoms with Gasteiger partial charge in [-0.3, -0.25) is 9.59 Å². The summed E-state index contributed by atoms with van der Waals surface area (Å²) in [6.45, 7) is 0.642. The van der Waals surface area contributed by atoms with Crippen LogP contribution >= 0.6 is 0 Å². The number of rotatable bonds is 7. The van der Waals surface area contributed by atoms with E-state index >= 15 is 0 Å². The lowest BCUT2D eigenvalue weighted by Crippen LogP contribution is -2.27. The maximum Gasteiger partial charge on any atom is 0.310 e. The largest absolute Gasteiger partial charge is 0.464 e. The molecule has 3 aromatic rings. The van der Waals surface area contributed by atoms with E-state index in [-0.39, 0.29) is 17.1 Å². The quantitative estimate of drug-likeness (QED) is 0.389. The van der Waals surface area contributed by atoms with E-state index in [1.165, 1.54) is 39.7 Å². The average molecular weight is 468 g/mol. The van der Waals surface area contributed by atoms with Crippen molar-refractivity contribution >= 4 is 32.7 Å². The lowest BCUT2D eigenvalue weighted by Gasteiger charge is -2.15. The summed E-state index contributed by atoms with van der Waals surface area (Å²) in [4.78, 5) is 25.0. The number of nitrogens with zero attached hydrogens (tertiary/aromatic N) is 1. The van der Waals surface area contributed by atoms with Crippen LogP contribution in [0.5, 0.6) is 0 Å². The van der Waals surface area contributed by atoms with Crippen LogP contribution in [0, 0.1) is 0 Å². The average Bonchev–Trinajstić information content (AvgIpc) is 3.58. The molecule has 0 N–H and O–H groups in total. The summed E-state index contributed by atoms with van der Waals surface area (Å²) in [6.07, 6.45) is 6.53. The number of carbonyl (C=O) groups is 2. The maximum absolute atomic E-state index is 12.6. The van der Waals surface area contributed by atoms with E-state index < -0.39 is 22.6 Å². The molecule has 2 aliphatic rings. The number of fused-ring (bicyclic) bond motifs is 2. The zero-order chi connectivity index (χ0) is 23.0. The number of hydrogen-bond donors (Lipinski definition) is 0. The number of carbonyl (C=O) groups excluding carboxylic acids is 2. The van der Waals surface area contributed by atoms with Crippen molar-refractivity contribution in [3.8, 4) is 0 Å². The fourth-order valence-corrected chi connectivity index (χ4v) is 6.13. The van der Waals surface area contributed by atoms with Gasteiger partial charge in [-0.1, -0.05) is 0 Å². The van der Waals surface area contributed by atoms with Crippen molar-refractivity contribution in [1.29, 1.82) is 0 Å². The Morgan fingerprint density at radius 2 is 1.67 bits per heavy atom. The standard InChI is InChI=1S/C25H25NO6S/c27-23(17-6-8-21(9-7-17)33(29,30)26-10-1-2-11-26)16-32-25(28)14-20-15-31-24-13-19-5-3-4-18(19)12-22(20)24/h6-9,12-13,15H,1-5,10-11,14,16H2. The van der Waals surface area contributed by atoms with Crippen molar-refractivity contribution in [1.82, 2.24) is 4.31 Å². The summed E-state index contributed by atoms with van der Waals surface area (Å²) in [7, 11) is -3.53. The molecule has 1 aromatic heterocycles. The van der Waals surface area contributed by atoms with Crippen LogP contribution in [0.3, 0.4) is 0 Å². The highest BCUT2D eigenvalue weighted by Gasteiger charge is 2.27. The summed E-state index contributed by atoms with van der Waals surface area (Å²) in [6, 6.07) is 9.92. The first kappa shape index (κ1) is 21.9. The third kappa shape index (κ3) is 4.32. The van der Waals surface area contributed by atoms with Crippen molar-refractivity contribution in [3.05, 3.63) is 64.9 Å².